The second kappa shape index (κ2) is 6.51. The highest BCUT2D eigenvalue weighted by Gasteiger charge is 2.12. The molecule has 0 aromatic carbocycles. The zero-order valence-corrected chi connectivity index (χ0v) is 9.83. The summed E-state index contributed by atoms with van der Waals surface area (Å²) in [7, 11) is 0. The fraction of sp³-hybridized carbons (Fsp3) is 0.875. The topological polar surface area (TPSA) is 35.5 Å². The minimum absolute atomic E-state index is 0.00681. The Morgan fingerprint density at radius 2 is 1.83 bits per heavy atom. The molecule has 0 heterocycles. The molecule has 72 valence electrons. The molecule has 12 heavy (non-hydrogen) atoms. The summed E-state index contributed by atoms with van der Waals surface area (Å²) in [6.07, 6.45) is 1.10. The summed E-state index contributed by atoms with van der Waals surface area (Å²) < 4.78 is 9.67. The van der Waals surface area contributed by atoms with Crippen LogP contribution in [0.4, 0.5) is 4.79 Å². The van der Waals surface area contributed by atoms with Crippen molar-refractivity contribution >= 4 is 28.7 Å². The Morgan fingerprint density at radius 3 is 2.17 bits per heavy atom. The van der Waals surface area contributed by atoms with Gasteiger partial charge in [0.05, 0.1) is 0 Å². The monoisotopic (exact) mass is 286 g/mol. The van der Waals surface area contributed by atoms with Crippen molar-refractivity contribution in [2.24, 2.45) is 0 Å². The van der Waals surface area contributed by atoms with Crippen LogP contribution in [0.3, 0.4) is 0 Å². The minimum Gasteiger partial charge on any atom is -0.431 e. The number of rotatable bonds is 4. The van der Waals surface area contributed by atoms with E-state index in [-0.39, 0.29) is 10.2 Å². The lowest BCUT2D eigenvalue weighted by Gasteiger charge is -2.14. The Kier molecular flexibility index (Phi) is 6.51. The summed E-state index contributed by atoms with van der Waals surface area (Å²) in [5.74, 6) is 0. The zero-order chi connectivity index (χ0) is 9.56. The summed E-state index contributed by atoms with van der Waals surface area (Å²) in [5, 5.41) is 0. The first kappa shape index (κ1) is 12.0. The summed E-state index contributed by atoms with van der Waals surface area (Å²) >= 11 is 2.01. The molecule has 0 spiro atoms. The van der Waals surface area contributed by atoms with Crippen molar-refractivity contribution in [2.45, 2.75) is 43.8 Å². The van der Waals surface area contributed by atoms with E-state index < -0.39 is 6.16 Å². The van der Waals surface area contributed by atoms with Gasteiger partial charge < -0.3 is 9.47 Å². The molecule has 0 bridgehead atoms. The molecule has 0 fully saturated rings. The van der Waals surface area contributed by atoms with E-state index in [9.17, 15) is 4.79 Å². The number of carbonyl (C=O) groups excluding carboxylic acids is 1. The largest absolute Gasteiger partial charge is 0.509 e. The van der Waals surface area contributed by atoms with Crippen LogP contribution in [0, 0.1) is 0 Å². The van der Waals surface area contributed by atoms with Gasteiger partial charge in [0.2, 0.25) is 0 Å². The van der Waals surface area contributed by atoms with Gasteiger partial charge in [-0.3, -0.25) is 0 Å². The van der Waals surface area contributed by atoms with Crippen LogP contribution in [0.2, 0.25) is 0 Å². The molecular weight excluding hydrogens is 271 g/mol. The number of hydrogen-bond donors (Lipinski definition) is 0. The highest BCUT2D eigenvalue weighted by Crippen LogP contribution is 2.07. The molecule has 4 heteroatoms. The highest BCUT2D eigenvalue weighted by atomic mass is 127. The standard InChI is InChI=1S/C8H15IO3/c1-4-7(5-2)12-8(10)11-6(3)9/h6-7H,4-5H2,1-3H3. The van der Waals surface area contributed by atoms with Gasteiger partial charge in [0.1, 0.15) is 6.10 Å². The van der Waals surface area contributed by atoms with Crippen LogP contribution in [0.25, 0.3) is 0 Å². The molecule has 1 unspecified atom stereocenters. The van der Waals surface area contributed by atoms with Crippen molar-refractivity contribution in [3.8, 4) is 0 Å². The lowest BCUT2D eigenvalue weighted by atomic mass is 10.2. The summed E-state index contributed by atoms with van der Waals surface area (Å²) in [4.78, 5) is 10.9. The van der Waals surface area contributed by atoms with Crippen molar-refractivity contribution in [2.75, 3.05) is 0 Å². The van der Waals surface area contributed by atoms with E-state index in [1.807, 2.05) is 36.4 Å². The van der Waals surface area contributed by atoms with E-state index >= 15 is 0 Å². The van der Waals surface area contributed by atoms with E-state index in [2.05, 4.69) is 0 Å². The third-order valence-corrected chi connectivity index (χ3v) is 1.69. The van der Waals surface area contributed by atoms with Crippen molar-refractivity contribution in [1.82, 2.24) is 0 Å². The zero-order valence-electron chi connectivity index (χ0n) is 7.67. The summed E-state index contributed by atoms with van der Waals surface area (Å²) in [6, 6.07) is 0. The van der Waals surface area contributed by atoms with Crippen LogP contribution in [0.15, 0.2) is 0 Å². The molecule has 0 aromatic heterocycles. The van der Waals surface area contributed by atoms with E-state index in [4.69, 9.17) is 9.47 Å². The number of alkyl halides is 1. The molecule has 0 aliphatic heterocycles. The number of carbonyl (C=O) groups is 1. The van der Waals surface area contributed by atoms with Gasteiger partial charge in [-0.2, -0.15) is 0 Å². The van der Waals surface area contributed by atoms with E-state index in [0.717, 1.165) is 12.8 Å². The van der Waals surface area contributed by atoms with Gasteiger partial charge in [0.15, 0.2) is 4.11 Å². The number of hydrogen-bond acceptors (Lipinski definition) is 3. The molecule has 0 N–H and O–H groups in total. The van der Waals surface area contributed by atoms with Crippen molar-refractivity contribution < 1.29 is 14.3 Å². The SMILES string of the molecule is CCC(CC)OC(=O)OC(C)I. The molecule has 0 amide bonds. The maximum Gasteiger partial charge on any atom is 0.509 e. The molecule has 0 rings (SSSR count). The maximum atomic E-state index is 10.9. The van der Waals surface area contributed by atoms with Gasteiger partial charge in [0, 0.05) is 0 Å². The number of halogens is 1. The third-order valence-electron chi connectivity index (χ3n) is 1.43. The fourth-order valence-corrected chi connectivity index (χ4v) is 0.959. The summed E-state index contributed by atoms with van der Waals surface area (Å²) in [5.41, 5.74) is 0. The van der Waals surface area contributed by atoms with Crippen LogP contribution < -0.4 is 0 Å². The van der Waals surface area contributed by atoms with Crippen molar-refractivity contribution in [1.29, 1.82) is 0 Å². The lowest BCUT2D eigenvalue weighted by Crippen LogP contribution is -2.19. The molecule has 0 saturated carbocycles. The molecule has 1 atom stereocenters. The lowest BCUT2D eigenvalue weighted by molar-refractivity contribution is 0.0206. The Hall–Kier alpha value is 0. The Bertz CT molecular complexity index is 132. The maximum absolute atomic E-state index is 10.9. The molecule has 0 aliphatic carbocycles. The molecule has 0 saturated heterocycles. The normalized spacial score (nSPS) is 12.8. The third kappa shape index (κ3) is 5.62. The van der Waals surface area contributed by atoms with Gasteiger partial charge in [-0.15, -0.1) is 0 Å². The smallest absolute Gasteiger partial charge is 0.431 e. The van der Waals surface area contributed by atoms with Crippen LogP contribution >= 0.6 is 22.6 Å². The molecule has 0 radical (unpaired) electrons. The minimum atomic E-state index is -0.564. The van der Waals surface area contributed by atoms with E-state index in [1.54, 1.807) is 6.92 Å². The van der Waals surface area contributed by atoms with Gasteiger partial charge in [-0.25, -0.2) is 4.79 Å². The van der Waals surface area contributed by atoms with Gasteiger partial charge in [0.25, 0.3) is 0 Å². The summed E-state index contributed by atoms with van der Waals surface area (Å²) in [6.45, 7) is 5.75. The van der Waals surface area contributed by atoms with Gasteiger partial charge in [-0.1, -0.05) is 13.8 Å². The average Bonchev–Trinajstić information content (AvgIpc) is 1.98. The first-order valence-corrected chi connectivity index (χ1v) is 5.36. The first-order chi connectivity index (χ1) is 5.60. The van der Waals surface area contributed by atoms with Crippen LogP contribution in [-0.2, 0) is 9.47 Å². The van der Waals surface area contributed by atoms with Crippen molar-refractivity contribution in [3.05, 3.63) is 0 Å². The molecule has 3 nitrogen and oxygen atoms in total. The quantitative estimate of drug-likeness (QED) is 0.452. The molecule has 0 aliphatic rings. The predicted molar refractivity (Wildman–Crippen MR) is 55.4 cm³/mol. The highest BCUT2D eigenvalue weighted by molar-refractivity contribution is 14.1. The molecular formula is C8H15IO3. The second-order valence-corrected chi connectivity index (χ2v) is 4.22. The Labute approximate surface area is 86.9 Å². The first-order valence-electron chi connectivity index (χ1n) is 4.11. The Morgan fingerprint density at radius 1 is 1.33 bits per heavy atom. The van der Waals surface area contributed by atoms with Crippen molar-refractivity contribution in [3.63, 3.8) is 0 Å². The van der Waals surface area contributed by atoms with Gasteiger partial charge in [-0.05, 0) is 42.4 Å². The van der Waals surface area contributed by atoms with Gasteiger partial charge >= 0.3 is 6.16 Å². The number of ether oxygens (including phenoxy) is 2. The predicted octanol–water partition coefficient (Wildman–Crippen LogP) is 3.11. The Balaban J connectivity index is 3.66. The van der Waals surface area contributed by atoms with E-state index in [1.165, 1.54) is 0 Å². The second-order valence-electron chi connectivity index (χ2n) is 2.47. The average molecular weight is 286 g/mol. The van der Waals surface area contributed by atoms with E-state index in [0.29, 0.717) is 0 Å². The molecule has 0 aromatic rings. The van der Waals surface area contributed by atoms with Crippen LogP contribution in [0.5, 0.6) is 0 Å². The van der Waals surface area contributed by atoms with Crippen LogP contribution in [-0.4, -0.2) is 16.4 Å². The fourth-order valence-electron chi connectivity index (χ4n) is 0.752. The van der Waals surface area contributed by atoms with Crippen LogP contribution in [0.1, 0.15) is 33.6 Å².